The summed E-state index contributed by atoms with van der Waals surface area (Å²) in [7, 11) is 1.55. The lowest BCUT2D eigenvalue weighted by Crippen LogP contribution is -2.28. The van der Waals surface area contributed by atoms with Crippen molar-refractivity contribution in [2.45, 2.75) is 6.54 Å². The highest BCUT2D eigenvalue weighted by Gasteiger charge is 2.03. The second kappa shape index (κ2) is 7.13. The Morgan fingerprint density at radius 2 is 2.05 bits per heavy atom. The van der Waals surface area contributed by atoms with E-state index in [1.54, 1.807) is 31.5 Å². The number of ether oxygens (including phenoxy) is 2. The van der Waals surface area contributed by atoms with E-state index in [-0.39, 0.29) is 12.5 Å². The molecule has 2 aromatic rings. The zero-order valence-corrected chi connectivity index (χ0v) is 11.2. The minimum Gasteiger partial charge on any atom is -0.484 e. The number of para-hydroxylation sites is 1. The summed E-state index contributed by atoms with van der Waals surface area (Å²) >= 11 is 0. The van der Waals surface area contributed by atoms with Crippen molar-refractivity contribution in [2.75, 3.05) is 13.7 Å². The van der Waals surface area contributed by atoms with E-state index in [4.69, 9.17) is 9.47 Å². The molecule has 0 aliphatic heterocycles. The van der Waals surface area contributed by atoms with Gasteiger partial charge in [0.05, 0.1) is 7.11 Å². The van der Waals surface area contributed by atoms with Crippen LogP contribution in [0.4, 0.5) is 0 Å². The summed E-state index contributed by atoms with van der Waals surface area (Å²) in [5.41, 5.74) is 0.921. The third-order valence-corrected chi connectivity index (χ3v) is 2.61. The average molecular weight is 272 g/mol. The van der Waals surface area contributed by atoms with Gasteiger partial charge in [-0.15, -0.1) is 0 Å². The molecule has 5 heteroatoms. The topological polar surface area (TPSA) is 60.5 Å². The predicted octanol–water partition coefficient (Wildman–Crippen LogP) is 1.79. The van der Waals surface area contributed by atoms with Crippen molar-refractivity contribution in [2.24, 2.45) is 0 Å². The fraction of sp³-hybridized carbons (Fsp3) is 0.200. The molecule has 0 spiro atoms. The molecular weight excluding hydrogens is 256 g/mol. The van der Waals surface area contributed by atoms with Crippen molar-refractivity contribution in [1.82, 2.24) is 10.3 Å². The number of benzene rings is 1. The molecule has 0 radical (unpaired) electrons. The van der Waals surface area contributed by atoms with Crippen molar-refractivity contribution < 1.29 is 14.3 Å². The number of pyridine rings is 1. The van der Waals surface area contributed by atoms with Gasteiger partial charge in [-0.25, -0.2) is 4.98 Å². The highest BCUT2D eigenvalue weighted by Crippen LogP contribution is 2.09. The van der Waals surface area contributed by atoms with Crippen LogP contribution in [-0.2, 0) is 11.3 Å². The van der Waals surface area contributed by atoms with Crippen LogP contribution in [0.2, 0.25) is 0 Å². The van der Waals surface area contributed by atoms with E-state index >= 15 is 0 Å². The third kappa shape index (κ3) is 4.28. The molecule has 0 aliphatic carbocycles. The van der Waals surface area contributed by atoms with Crippen LogP contribution in [0.1, 0.15) is 5.56 Å². The maximum atomic E-state index is 11.7. The zero-order valence-electron chi connectivity index (χ0n) is 11.2. The lowest BCUT2D eigenvalue weighted by Gasteiger charge is -2.08. The Morgan fingerprint density at radius 1 is 1.25 bits per heavy atom. The number of carbonyl (C=O) groups excluding carboxylic acids is 1. The summed E-state index contributed by atoms with van der Waals surface area (Å²) < 4.78 is 10.4. The summed E-state index contributed by atoms with van der Waals surface area (Å²) in [5, 5.41) is 2.77. The molecule has 0 fully saturated rings. The van der Waals surface area contributed by atoms with Crippen molar-refractivity contribution >= 4 is 5.91 Å². The summed E-state index contributed by atoms with van der Waals surface area (Å²) in [6.45, 7) is 0.405. The zero-order chi connectivity index (χ0) is 14.2. The second-order valence-corrected chi connectivity index (χ2v) is 4.08. The fourth-order valence-corrected chi connectivity index (χ4v) is 1.59. The normalized spacial score (nSPS) is 9.85. The van der Waals surface area contributed by atoms with E-state index in [1.807, 2.05) is 24.3 Å². The standard InChI is InChI=1S/C15H16N2O3/c1-19-15-9-12(7-8-16-15)10-17-14(18)11-20-13-5-3-2-4-6-13/h2-9H,10-11H2,1H3,(H,17,18). The number of methoxy groups -OCH3 is 1. The van der Waals surface area contributed by atoms with Crippen LogP contribution in [0.15, 0.2) is 48.7 Å². The van der Waals surface area contributed by atoms with Gasteiger partial charge in [0.25, 0.3) is 5.91 Å². The number of rotatable bonds is 6. The van der Waals surface area contributed by atoms with Crippen LogP contribution in [0.5, 0.6) is 11.6 Å². The first kappa shape index (κ1) is 13.9. The van der Waals surface area contributed by atoms with Gasteiger partial charge in [0, 0.05) is 18.8 Å². The van der Waals surface area contributed by atoms with Crippen molar-refractivity contribution in [3.05, 3.63) is 54.2 Å². The van der Waals surface area contributed by atoms with Crippen LogP contribution < -0.4 is 14.8 Å². The highest BCUT2D eigenvalue weighted by atomic mass is 16.5. The number of nitrogens with one attached hydrogen (secondary N) is 1. The Hall–Kier alpha value is -2.56. The Bertz CT molecular complexity index is 558. The van der Waals surface area contributed by atoms with Gasteiger partial charge in [0.2, 0.25) is 5.88 Å². The van der Waals surface area contributed by atoms with Crippen molar-refractivity contribution in [3.8, 4) is 11.6 Å². The van der Waals surface area contributed by atoms with E-state index in [1.165, 1.54) is 0 Å². The van der Waals surface area contributed by atoms with Crippen LogP contribution in [0.3, 0.4) is 0 Å². The molecule has 0 saturated heterocycles. The van der Waals surface area contributed by atoms with E-state index < -0.39 is 0 Å². The monoisotopic (exact) mass is 272 g/mol. The fourth-order valence-electron chi connectivity index (χ4n) is 1.59. The second-order valence-electron chi connectivity index (χ2n) is 4.08. The molecule has 0 aliphatic rings. The van der Waals surface area contributed by atoms with E-state index in [9.17, 15) is 4.79 Å². The van der Waals surface area contributed by atoms with Crippen LogP contribution >= 0.6 is 0 Å². The SMILES string of the molecule is COc1cc(CNC(=O)COc2ccccc2)ccn1. The number of hydrogen-bond donors (Lipinski definition) is 1. The molecule has 0 saturated carbocycles. The van der Waals surface area contributed by atoms with Crippen molar-refractivity contribution in [3.63, 3.8) is 0 Å². The van der Waals surface area contributed by atoms with Gasteiger partial charge in [-0.1, -0.05) is 18.2 Å². The quantitative estimate of drug-likeness (QED) is 0.871. The first-order valence-electron chi connectivity index (χ1n) is 6.21. The molecule has 1 aromatic heterocycles. The highest BCUT2D eigenvalue weighted by molar-refractivity contribution is 5.77. The molecule has 20 heavy (non-hydrogen) atoms. The predicted molar refractivity (Wildman–Crippen MR) is 74.6 cm³/mol. The Kier molecular flexibility index (Phi) is 4.94. The molecule has 0 unspecified atom stereocenters. The largest absolute Gasteiger partial charge is 0.484 e. The van der Waals surface area contributed by atoms with E-state index in [0.29, 0.717) is 18.2 Å². The lowest BCUT2D eigenvalue weighted by molar-refractivity contribution is -0.123. The van der Waals surface area contributed by atoms with Gasteiger partial charge < -0.3 is 14.8 Å². The molecule has 0 atom stereocenters. The van der Waals surface area contributed by atoms with Crippen LogP contribution in [0, 0.1) is 0 Å². The maximum absolute atomic E-state index is 11.7. The van der Waals surface area contributed by atoms with E-state index in [0.717, 1.165) is 5.56 Å². The molecule has 104 valence electrons. The number of hydrogen-bond acceptors (Lipinski definition) is 4. The number of aromatic nitrogens is 1. The molecule has 1 amide bonds. The van der Waals surface area contributed by atoms with Gasteiger partial charge in [-0.05, 0) is 23.8 Å². The van der Waals surface area contributed by atoms with Gasteiger partial charge >= 0.3 is 0 Å². The summed E-state index contributed by atoms with van der Waals surface area (Å²) in [4.78, 5) is 15.7. The van der Waals surface area contributed by atoms with E-state index in [2.05, 4.69) is 10.3 Å². The molecule has 0 bridgehead atoms. The van der Waals surface area contributed by atoms with Gasteiger partial charge in [0.15, 0.2) is 6.61 Å². The number of amides is 1. The summed E-state index contributed by atoms with van der Waals surface area (Å²) in [6.07, 6.45) is 1.64. The van der Waals surface area contributed by atoms with Gasteiger partial charge in [0.1, 0.15) is 5.75 Å². The van der Waals surface area contributed by atoms with Gasteiger partial charge in [-0.3, -0.25) is 4.79 Å². The molecule has 1 heterocycles. The Morgan fingerprint density at radius 3 is 2.80 bits per heavy atom. The first-order valence-corrected chi connectivity index (χ1v) is 6.21. The Balaban J connectivity index is 1.77. The molecular formula is C15H16N2O3. The van der Waals surface area contributed by atoms with Crippen molar-refractivity contribution in [1.29, 1.82) is 0 Å². The van der Waals surface area contributed by atoms with Gasteiger partial charge in [-0.2, -0.15) is 0 Å². The summed E-state index contributed by atoms with van der Waals surface area (Å²) in [6, 6.07) is 12.8. The number of nitrogens with zero attached hydrogens (tertiary/aromatic N) is 1. The van der Waals surface area contributed by atoms with Crippen LogP contribution in [0.25, 0.3) is 0 Å². The maximum Gasteiger partial charge on any atom is 0.258 e. The van der Waals surface area contributed by atoms with Crippen LogP contribution in [-0.4, -0.2) is 24.6 Å². The Labute approximate surface area is 117 Å². The average Bonchev–Trinajstić information content (AvgIpc) is 2.52. The molecule has 1 aromatic carbocycles. The molecule has 2 rings (SSSR count). The molecule has 5 nitrogen and oxygen atoms in total. The minimum absolute atomic E-state index is 0.00771. The molecule has 1 N–H and O–H groups in total. The summed E-state index contributed by atoms with van der Waals surface area (Å²) in [5.74, 6) is 1.02. The minimum atomic E-state index is -0.176. The third-order valence-electron chi connectivity index (χ3n) is 2.61. The number of carbonyl (C=O) groups is 1. The smallest absolute Gasteiger partial charge is 0.258 e. The lowest BCUT2D eigenvalue weighted by atomic mass is 10.2. The first-order chi connectivity index (χ1) is 9.78.